The number of nitrogens with zero attached hydrogens (tertiary/aromatic N) is 1. The lowest BCUT2D eigenvalue weighted by Gasteiger charge is -2.38. The van der Waals surface area contributed by atoms with E-state index in [1.807, 2.05) is 0 Å². The molecule has 1 heterocycles. The van der Waals surface area contributed by atoms with Crippen LogP contribution in [0.2, 0.25) is 0 Å². The molecule has 0 radical (unpaired) electrons. The third kappa shape index (κ3) is 8.41. The zero-order valence-corrected chi connectivity index (χ0v) is 29.4. The van der Waals surface area contributed by atoms with Gasteiger partial charge in [0.25, 0.3) is 5.91 Å². The van der Waals surface area contributed by atoms with Crippen LogP contribution < -0.4 is 16.4 Å². The molecule has 12 heteroatoms. The number of carbonyl (C=O) groups is 6. The summed E-state index contributed by atoms with van der Waals surface area (Å²) in [5.41, 5.74) is 4.16. The average molecular weight is 671 g/mol. The number of carbonyl (C=O) groups excluding carboxylic acids is 6. The fourth-order valence-electron chi connectivity index (χ4n) is 7.05. The number of piperidine rings is 1. The van der Waals surface area contributed by atoms with Gasteiger partial charge in [0, 0.05) is 18.9 Å². The van der Waals surface area contributed by atoms with Crippen molar-refractivity contribution >= 4 is 35.4 Å². The Morgan fingerprint density at radius 3 is 2.04 bits per heavy atom. The number of primary amides is 1. The van der Waals surface area contributed by atoms with Gasteiger partial charge in [-0.3, -0.25) is 19.2 Å². The Morgan fingerprint density at radius 1 is 0.958 bits per heavy atom. The van der Waals surface area contributed by atoms with Gasteiger partial charge in [-0.25, -0.2) is 14.0 Å². The summed E-state index contributed by atoms with van der Waals surface area (Å²) in [5, 5.41) is 5.46. The number of urea groups is 1. The van der Waals surface area contributed by atoms with E-state index in [4.69, 9.17) is 10.5 Å². The monoisotopic (exact) mass is 670 g/mol. The number of rotatable bonds is 13. The number of ether oxygens (including phenoxy) is 1. The van der Waals surface area contributed by atoms with E-state index in [0.29, 0.717) is 18.5 Å². The van der Waals surface area contributed by atoms with E-state index in [0.717, 1.165) is 12.8 Å². The molecule has 4 amide bonds. The van der Waals surface area contributed by atoms with Crippen molar-refractivity contribution in [1.29, 1.82) is 0 Å². The lowest BCUT2D eigenvalue weighted by atomic mass is 9.84. The molecule has 11 nitrogen and oxygen atoms in total. The molecule has 4 N–H and O–H groups in total. The van der Waals surface area contributed by atoms with E-state index >= 15 is 0 Å². The van der Waals surface area contributed by atoms with E-state index in [-0.39, 0.29) is 42.0 Å². The number of hydrogen-bond donors (Lipinski definition) is 3. The number of hydrogen-bond acceptors (Lipinski definition) is 7. The minimum atomic E-state index is -1.09. The molecule has 0 spiro atoms. The van der Waals surface area contributed by atoms with Gasteiger partial charge in [0.05, 0.1) is 6.04 Å². The predicted molar refractivity (Wildman–Crippen MR) is 175 cm³/mol. The Hall–Kier alpha value is -3.83. The number of fused-ring (bicyclic) bond motifs is 1. The molecule has 1 aromatic carbocycles. The molecule has 1 aliphatic heterocycles. The first kappa shape index (κ1) is 37.0. The molecule has 2 aliphatic carbocycles. The summed E-state index contributed by atoms with van der Waals surface area (Å²) in [6.07, 6.45) is 2.11. The quantitative estimate of drug-likeness (QED) is 0.212. The number of amides is 4. The maximum atomic E-state index is 14.3. The summed E-state index contributed by atoms with van der Waals surface area (Å²) in [4.78, 5) is 80.9. The number of esters is 1. The van der Waals surface area contributed by atoms with Crippen molar-refractivity contribution in [1.82, 2.24) is 15.5 Å². The van der Waals surface area contributed by atoms with Crippen LogP contribution in [-0.2, 0) is 35.3 Å². The van der Waals surface area contributed by atoms with Gasteiger partial charge in [-0.1, -0.05) is 80.4 Å². The first-order chi connectivity index (χ1) is 22.1. The van der Waals surface area contributed by atoms with Crippen molar-refractivity contribution in [2.24, 2.45) is 45.7 Å². The number of benzene rings is 1. The van der Waals surface area contributed by atoms with E-state index in [1.54, 1.807) is 41.5 Å². The molecule has 264 valence electrons. The van der Waals surface area contributed by atoms with Gasteiger partial charge in [-0.15, -0.1) is 0 Å². The summed E-state index contributed by atoms with van der Waals surface area (Å²) in [6.45, 7) is 15.0. The highest BCUT2D eigenvalue weighted by atomic mass is 19.1. The van der Waals surface area contributed by atoms with E-state index < -0.39 is 70.3 Å². The molecule has 6 atom stereocenters. The van der Waals surface area contributed by atoms with Crippen LogP contribution in [-0.4, -0.2) is 65.0 Å². The zero-order chi connectivity index (χ0) is 35.9. The van der Waals surface area contributed by atoms with Gasteiger partial charge in [-0.2, -0.15) is 0 Å². The highest BCUT2D eigenvalue weighted by molar-refractivity contribution is 6.36. The SMILES string of the molecule is CC(C)(C)[C@H](NC(=O)N[C@H](C(=O)N1C[C@H]2[C@@H]([C@H]1C(=O)CC(CC1CC1)C(=O)C(N)=O)C2(C)C)C(C)(C)C)C(=O)OCc1ccc(F)cc1. The first-order valence-electron chi connectivity index (χ1n) is 16.8. The van der Waals surface area contributed by atoms with Crippen molar-refractivity contribution in [2.45, 2.75) is 106 Å². The van der Waals surface area contributed by atoms with E-state index in [1.165, 1.54) is 29.2 Å². The Balaban J connectivity index is 1.49. The number of halogens is 1. The maximum absolute atomic E-state index is 14.3. The number of likely N-dealkylation sites (tertiary alicyclic amines) is 1. The second-order valence-corrected chi connectivity index (χ2v) is 16.6. The smallest absolute Gasteiger partial charge is 0.329 e. The van der Waals surface area contributed by atoms with Gasteiger partial charge < -0.3 is 26.0 Å². The molecular weight excluding hydrogens is 619 g/mol. The molecule has 1 saturated heterocycles. The summed E-state index contributed by atoms with van der Waals surface area (Å²) in [7, 11) is 0. The fourth-order valence-corrected chi connectivity index (χ4v) is 7.05. The molecular formula is C36H51FN4O7. The van der Waals surface area contributed by atoms with Gasteiger partial charge in [0.2, 0.25) is 11.7 Å². The molecule has 1 unspecified atom stereocenters. The van der Waals surface area contributed by atoms with E-state index in [2.05, 4.69) is 24.5 Å². The van der Waals surface area contributed by atoms with Crippen LogP contribution in [0, 0.1) is 45.7 Å². The third-order valence-electron chi connectivity index (χ3n) is 10.3. The summed E-state index contributed by atoms with van der Waals surface area (Å²) < 4.78 is 18.7. The summed E-state index contributed by atoms with van der Waals surface area (Å²) in [5.74, 6) is -4.24. The topological polar surface area (TPSA) is 165 Å². The summed E-state index contributed by atoms with van der Waals surface area (Å²) in [6, 6.07) is 1.79. The van der Waals surface area contributed by atoms with Crippen LogP contribution >= 0.6 is 0 Å². The molecule has 3 aliphatic rings. The number of Topliss-reactive ketones (excluding diaryl/α,β-unsaturated/α-hetero) is 2. The van der Waals surface area contributed by atoms with Gasteiger partial charge in [0.1, 0.15) is 24.5 Å². The van der Waals surface area contributed by atoms with Crippen LogP contribution in [0.25, 0.3) is 0 Å². The van der Waals surface area contributed by atoms with Crippen LogP contribution in [0.1, 0.15) is 86.6 Å². The number of nitrogens with one attached hydrogen (secondary N) is 2. The Labute approximate surface area is 282 Å². The van der Waals surface area contributed by atoms with Crippen LogP contribution in [0.3, 0.4) is 0 Å². The first-order valence-corrected chi connectivity index (χ1v) is 16.8. The van der Waals surface area contributed by atoms with Crippen LogP contribution in [0.15, 0.2) is 24.3 Å². The van der Waals surface area contributed by atoms with Crippen LogP contribution in [0.5, 0.6) is 0 Å². The van der Waals surface area contributed by atoms with Crippen molar-refractivity contribution < 1.29 is 37.9 Å². The minimum absolute atomic E-state index is 0.0692. The third-order valence-corrected chi connectivity index (χ3v) is 10.3. The lowest BCUT2D eigenvalue weighted by Crippen LogP contribution is -2.61. The van der Waals surface area contributed by atoms with Gasteiger partial charge >= 0.3 is 12.0 Å². The second-order valence-electron chi connectivity index (χ2n) is 16.6. The van der Waals surface area contributed by atoms with Crippen molar-refractivity contribution in [3.8, 4) is 0 Å². The largest absolute Gasteiger partial charge is 0.459 e. The van der Waals surface area contributed by atoms with Crippen molar-refractivity contribution in [3.63, 3.8) is 0 Å². The Kier molecular flexibility index (Phi) is 10.5. The molecule has 4 rings (SSSR count). The average Bonchev–Trinajstić information content (AvgIpc) is 3.83. The standard InChI is InChI=1S/C36H51FN4O7/c1-34(2,3)28(39-33(47)40-29(35(4,5)6)32(46)48-18-20-11-13-22(37)14-12-20)31(45)41-17-23-25(36(23,7)8)26(41)24(42)16-21(15-19-9-10-19)27(43)30(38)44/h11-14,19,21,23,25-26,28-29H,9-10,15-18H2,1-8H3,(H2,38,44)(H2,39,40,47)/t21?,23-,25-,26+,28+,29+/m0/s1. The molecule has 48 heavy (non-hydrogen) atoms. The van der Waals surface area contributed by atoms with Crippen LogP contribution in [0.4, 0.5) is 9.18 Å². The van der Waals surface area contributed by atoms with Gasteiger partial charge in [-0.05, 0) is 58.1 Å². The summed E-state index contributed by atoms with van der Waals surface area (Å²) >= 11 is 0. The Bertz CT molecular complexity index is 1440. The highest BCUT2D eigenvalue weighted by Crippen LogP contribution is 2.65. The highest BCUT2D eigenvalue weighted by Gasteiger charge is 2.69. The maximum Gasteiger partial charge on any atom is 0.329 e. The fraction of sp³-hybridized carbons (Fsp3) is 0.667. The number of ketones is 2. The minimum Gasteiger partial charge on any atom is -0.459 e. The molecule has 3 fully saturated rings. The zero-order valence-electron chi connectivity index (χ0n) is 29.4. The number of nitrogens with two attached hydrogens (primary N) is 1. The lowest BCUT2D eigenvalue weighted by molar-refractivity contribution is -0.150. The molecule has 0 bridgehead atoms. The molecule has 1 aromatic rings. The van der Waals surface area contributed by atoms with E-state index in [9.17, 15) is 33.2 Å². The van der Waals surface area contributed by atoms with Crippen molar-refractivity contribution in [3.05, 3.63) is 35.6 Å². The normalized spacial score (nSPS) is 23.3. The Morgan fingerprint density at radius 2 is 1.52 bits per heavy atom. The molecule has 0 aromatic heterocycles. The molecule has 2 saturated carbocycles. The van der Waals surface area contributed by atoms with Crippen molar-refractivity contribution in [2.75, 3.05) is 6.54 Å². The predicted octanol–water partition coefficient (Wildman–Crippen LogP) is 3.91. The van der Waals surface area contributed by atoms with Gasteiger partial charge in [0.15, 0.2) is 5.78 Å². The second kappa shape index (κ2) is 13.6.